The predicted molar refractivity (Wildman–Crippen MR) is 63.3 cm³/mol. The van der Waals surface area contributed by atoms with Crippen molar-refractivity contribution in [2.24, 2.45) is 0 Å². The third kappa shape index (κ3) is 1.91. The number of thiazole rings is 1. The molecule has 0 aliphatic rings. The number of aromatic nitrogens is 1. The van der Waals surface area contributed by atoms with Gasteiger partial charge in [-0.05, 0) is 18.2 Å². The topological polar surface area (TPSA) is 53.4 Å². The maximum Gasteiger partial charge on any atom is 0.413 e. The molecule has 1 N–H and O–H groups in total. The zero-order valence-electron chi connectivity index (χ0n) is 7.84. The van der Waals surface area contributed by atoms with E-state index in [0.717, 1.165) is 20.0 Å². The van der Waals surface area contributed by atoms with Crippen molar-refractivity contribution in [3.05, 3.63) is 18.2 Å². The molecule has 2 rings (SSSR count). The molecule has 0 atom stereocenters. The summed E-state index contributed by atoms with van der Waals surface area (Å²) in [6.07, 6.45) is -1.01. The Kier molecular flexibility index (Phi) is 2.54. The Morgan fingerprint density at radius 1 is 1.60 bits per heavy atom. The van der Waals surface area contributed by atoms with Crippen molar-refractivity contribution >= 4 is 45.4 Å². The molecule has 0 spiro atoms. The molecule has 6 heteroatoms. The Morgan fingerprint density at radius 2 is 2.33 bits per heavy atom. The summed E-state index contributed by atoms with van der Waals surface area (Å²) >= 11 is 5.54. The number of carbonyl (C=O) groups is 1. The van der Waals surface area contributed by atoms with Gasteiger partial charge in [0.15, 0.2) is 5.13 Å². The number of thiol groups is 1. The molecular weight excluding hydrogens is 232 g/mol. The molecule has 2 aromatic rings. The van der Waals surface area contributed by atoms with Crippen molar-refractivity contribution in [1.29, 1.82) is 0 Å². The highest BCUT2D eigenvalue weighted by atomic mass is 32.1. The molecule has 0 fully saturated rings. The lowest BCUT2D eigenvalue weighted by atomic mass is 10.3. The standard InChI is InChI=1S/C9H8N2O2S2/c1-11(9(12)13)8-10-6-3-2-5(14)4-7(6)15-8/h2-4,14H,1H3,(H,12,13). The van der Waals surface area contributed by atoms with Crippen molar-refractivity contribution in [2.45, 2.75) is 4.90 Å². The molecule has 0 aliphatic heterocycles. The van der Waals surface area contributed by atoms with E-state index in [4.69, 9.17) is 5.11 Å². The van der Waals surface area contributed by atoms with Crippen LogP contribution in [0.5, 0.6) is 0 Å². The molecule has 1 aromatic carbocycles. The average molecular weight is 240 g/mol. The average Bonchev–Trinajstić information content (AvgIpc) is 2.58. The van der Waals surface area contributed by atoms with Gasteiger partial charge in [0.2, 0.25) is 0 Å². The van der Waals surface area contributed by atoms with E-state index in [2.05, 4.69) is 17.6 Å². The molecule has 1 aromatic heterocycles. The van der Waals surface area contributed by atoms with Crippen LogP contribution in [-0.2, 0) is 0 Å². The molecule has 0 unspecified atom stereocenters. The van der Waals surface area contributed by atoms with Crippen LogP contribution in [0.2, 0.25) is 0 Å². The van der Waals surface area contributed by atoms with Crippen LogP contribution in [0.1, 0.15) is 0 Å². The van der Waals surface area contributed by atoms with Crippen molar-refractivity contribution in [3.63, 3.8) is 0 Å². The minimum atomic E-state index is -1.01. The number of hydrogen-bond donors (Lipinski definition) is 2. The maximum absolute atomic E-state index is 10.7. The molecule has 78 valence electrons. The fourth-order valence-electron chi connectivity index (χ4n) is 1.13. The van der Waals surface area contributed by atoms with Crippen molar-refractivity contribution in [2.75, 3.05) is 11.9 Å². The number of amides is 1. The summed E-state index contributed by atoms with van der Waals surface area (Å²) in [5, 5.41) is 9.26. The van der Waals surface area contributed by atoms with Gasteiger partial charge in [0.25, 0.3) is 0 Å². The minimum absolute atomic E-state index is 0.469. The number of carboxylic acid groups (broad SMARTS) is 1. The first-order valence-electron chi connectivity index (χ1n) is 4.14. The lowest BCUT2D eigenvalue weighted by Crippen LogP contribution is -2.23. The third-order valence-corrected chi connectivity index (χ3v) is 3.31. The quantitative estimate of drug-likeness (QED) is 0.753. The lowest BCUT2D eigenvalue weighted by molar-refractivity contribution is 0.203. The number of hydrogen-bond acceptors (Lipinski definition) is 4. The molecule has 1 heterocycles. The number of benzene rings is 1. The third-order valence-electron chi connectivity index (χ3n) is 1.93. The normalized spacial score (nSPS) is 10.5. The summed E-state index contributed by atoms with van der Waals surface area (Å²) in [6.45, 7) is 0. The second kappa shape index (κ2) is 3.71. The maximum atomic E-state index is 10.7. The zero-order valence-corrected chi connectivity index (χ0v) is 9.55. The van der Waals surface area contributed by atoms with Crippen LogP contribution < -0.4 is 4.90 Å². The van der Waals surface area contributed by atoms with Gasteiger partial charge in [-0.3, -0.25) is 4.90 Å². The van der Waals surface area contributed by atoms with Crippen LogP contribution in [0.15, 0.2) is 23.1 Å². The Morgan fingerprint density at radius 3 is 3.00 bits per heavy atom. The second-order valence-electron chi connectivity index (χ2n) is 2.99. The highest BCUT2D eigenvalue weighted by Gasteiger charge is 2.13. The van der Waals surface area contributed by atoms with Gasteiger partial charge in [-0.15, -0.1) is 12.6 Å². The van der Waals surface area contributed by atoms with Gasteiger partial charge in [0, 0.05) is 11.9 Å². The largest absolute Gasteiger partial charge is 0.465 e. The van der Waals surface area contributed by atoms with Gasteiger partial charge in [-0.2, -0.15) is 0 Å². The monoisotopic (exact) mass is 240 g/mol. The van der Waals surface area contributed by atoms with Crippen LogP contribution in [0.3, 0.4) is 0 Å². The van der Waals surface area contributed by atoms with E-state index in [1.807, 2.05) is 18.2 Å². The van der Waals surface area contributed by atoms with Gasteiger partial charge >= 0.3 is 6.09 Å². The highest BCUT2D eigenvalue weighted by Crippen LogP contribution is 2.29. The molecule has 0 bridgehead atoms. The van der Waals surface area contributed by atoms with Gasteiger partial charge in [-0.1, -0.05) is 11.3 Å². The molecule has 0 saturated carbocycles. The van der Waals surface area contributed by atoms with Crippen LogP contribution in [0, 0.1) is 0 Å². The number of fused-ring (bicyclic) bond motifs is 1. The smallest absolute Gasteiger partial charge is 0.413 e. The van der Waals surface area contributed by atoms with Crippen molar-refractivity contribution in [3.8, 4) is 0 Å². The van der Waals surface area contributed by atoms with Crippen LogP contribution in [0.4, 0.5) is 9.93 Å². The van der Waals surface area contributed by atoms with E-state index < -0.39 is 6.09 Å². The first-order chi connectivity index (χ1) is 7.08. The van der Waals surface area contributed by atoms with Crippen LogP contribution >= 0.6 is 24.0 Å². The van der Waals surface area contributed by atoms with Crippen molar-refractivity contribution < 1.29 is 9.90 Å². The Bertz CT molecular complexity index is 524. The molecule has 0 radical (unpaired) electrons. The van der Waals surface area contributed by atoms with Gasteiger partial charge in [-0.25, -0.2) is 9.78 Å². The molecular formula is C9H8N2O2S2. The highest BCUT2D eigenvalue weighted by molar-refractivity contribution is 7.80. The lowest BCUT2D eigenvalue weighted by Gasteiger charge is -2.06. The summed E-state index contributed by atoms with van der Waals surface area (Å²) < 4.78 is 0.936. The second-order valence-corrected chi connectivity index (χ2v) is 4.52. The Hall–Kier alpha value is -1.27. The van der Waals surface area contributed by atoms with Gasteiger partial charge in [0.1, 0.15) is 0 Å². The van der Waals surface area contributed by atoms with Gasteiger partial charge < -0.3 is 5.11 Å². The zero-order chi connectivity index (χ0) is 11.0. The number of anilines is 1. The first-order valence-corrected chi connectivity index (χ1v) is 5.40. The van der Waals surface area contributed by atoms with Gasteiger partial charge in [0.05, 0.1) is 10.2 Å². The molecule has 15 heavy (non-hydrogen) atoms. The van der Waals surface area contributed by atoms with E-state index in [1.165, 1.54) is 18.4 Å². The summed E-state index contributed by atoms with van der Waals surface area (Å²) in [7, 11) is 1.47. The molecule has 4 nitrogen and oxygen atoms in total. The molecule has 0 aliphatic carbocycles. The summed E-state index contributed by atoms with van der Waals surface area (Å²) in [4.78, 5) is 16.9. The van der Waals surface area contributed by atoms with E-state index in [9.17, 15) is 4.79 Å². The summed E-state index contributed by atoms with van der Waals surface area (Å²) in [5.41, 5.74) is 0.793. The Balaban J connectivity index is 2.51. The predicted octanol–water partition coefficient (Wildman–Crippen LogP) is 2.70. The number of nitrogens with zero attached hydrogens (tertiary/aromatic N) is 2. The Labute approximate surface area is 95.6 Å². The van der Waals surface area contributed by atoms with Crippen LogP contribution in [-0.4, -0.2) is 23.2 Å². The summed E-state index contributed by atoms with van der Waals surface area (Å²) in [6, 6.07) is 5.53. The van der Waals surface area contributed by atoms with Crippen LogP contribution in [0.25, 0.3) is 10.2 Å². The minimum Gasteiger partial charge on any atom is -0.465 e. The molecule has 0 saturated heterocycles. The molecule has 1 amide bonds. The fraction of sp³-hybridized carbons (Fsp3) is 0.111. The van der Waals surface area contributed by atoms with E-state index in [0.29, 0.717) is 5.13 Å². The fourth-order valence-corrected chi connectivity index (χ4v) is 2.38. The van der Waals surface area contributed by atoms with E-state index >= 15 is 0 Å². The van der Waals surface area contributed by atoms with E-state index in [1.54, 1.807) is 0 Å². The SMILES string of the molecule is CN(C(=O)O)c1nc2ccc(S)cc2s1. The first kappa shape index (κ1) is 10.3. The van der Waals surface area contributed by atoms with E-state index in [-0.39, 0.29) is 0 Å². The summed E-state index contributed by atoms with van der Waals surface area (Å²) in [5.74, 6) is 0. The van der Waals surface area contributed by atoms with Crippen molar-refractivity contribution in [1.82, 2.24) is 4.98 Å². The number of rotatable bonds is 1.